The first-order valence-electron chi connectivity index (χ1n) is 6.32. The lowest BCUT2D eigenvalue weighted by atomic mass is 10.1. The Morgan fingerprint density at radius 1 is 1.26 bits per heavy atom. The van der Waals surface area contributed by atoms with Crippen molar-refractivity contribution in [1.82, 2.24) is 4.98 Å². The van der Waals surface area contributed by atoms with Crippen molar-refractivity contribution in [2.24, 2.45) is 5.73 Å². The average Bonchev–Trinajstić information content (AvgIpc) is 2.77. The quantitative estimate of drug-likeness (QED) is 0.902. The highest BCUT2D eigenvalue weighted by Gasteiger charge is 2.11. The zero-order chi connectivity index (χ0) is 13.9. The summed E-state index contributed by atoms with van der Waals surface area (Å²) in [5, 5.41) is 3.24. The zero-order valence-corrected chi connectivity index (χ0v) is 13.3. The van der Waals surface area contributed by atoms with Crippen LogP contribution in [0.15, 0.2) is 29.6 Å². The molecule has 1 heterocycles. The maximum absolute atomic E-state index is 5.97. The standard InChI is InChI=1S/C15H20N2S2/c1-11-4-6-12(7-5-11)14-17-13(9-19-14)8-18-10-15(2,3)16/h4-7,9H,8,10,16H2,1-3H3. The predicted octanol–water partition coefficient (Wildman–Crippen LogP) is 4.09. The Morgan fingerprint density at radius 3 is 2.58 bits per heavy atom. The fourth-order valence-electron chi connectivity index (χ4n) is 1.62. The molecule has 0 radical (unpaired) electrons. The van der Waals surface area contributed by atoms with Crippen LogP contribution in [0.2, 0.25) is 0 Å². The summed E-state index contributed by atoms with van der Waals surface area (Å²) in [5.41, 5.74) is 9.49. The fraction of sp³-hybridized carbons (Fsp3) is 0.400. The lowest BCUT2D eigenvalue weighted by Gasteiger charge is -2.16. The molecule has 102 valence electrons. The van der Waals surface area contributed by atoms with E-state index in [0.717, 1.165) is 22.2 Å². The molecule has 2 rings (SSSR count). The van der Waals surface area contributed by atoms with E-state index in [1.807, 2.05) is 11.8 Å². The summed E-state index contributed by atoms with van der Waals surface area (Å²) in [5.74, 6) is 1.88. The molecule has 2 N–H and O–H groups in total. The van der Waals surface area contributed by atoms with Gasteiger partial charge < -0.3 is 5.73 Å². The number of nitrogens with zero attached hydrogens (tertiary/aromatic N) is 1. The number of hydrogen-bond donors (Lipinski definition) is 1. The van der Waals surface area contributed by atoms with Crippen LogP contribution in [-0.2, 0) is 5.75 Å². The summed E-state index contributed by atoms with van der Waals surface area (Å²) < 4.78 is 0. The van der Waals surface area contributed by atoms with E-state index in [4.69, 9.17) is 5.73 Å². The van der Waals surface area contributed by atoms with Gasteiger partial charge in [0.15, 0.2) is 0 Å². The monoisotopic (exact) mass is 292 g/mol. The van der Waals surface area contributed by atoms with Gasteiger partial charge in [0.05, 0.1) is 5.69 Å². The van der Waals surface area contributed by atoms with Crippen LogP contribution < -0.4 is 5.73 Å². The molecule has 0 aliphatic heterocycles. The minimum atomic E-state index is -0.111. The smallest absolute Gasteiger partial charge is 0.123 e. The van der Waals surface area contributed by atoms with E-state index in [2.05, 4.69) is 55.4 Å². The number of rotatable bonds is 5. The highest BCUT2D eigenvalue weighted by molar-refractivity contribution is 7.98. The van der Waals surface area contributed by atoms with E-state index < -0.39 is 0 Å². The molecule has 1 aromatic heterocycles. The molecule has 0 saturated heterocycles. The van der Waals surface area contributed by atoms with Crippen molar-refractivity contribution in [2.45, 2.75) is 32.1 Å². The lowest BCUT2D eigenvalue weighted by Crippen LogP contribution is -2.34. The molecule has 2 nitrogen and oxygen atoms in total. The summed E-state index contributed by atoms with van der Waals surface area (Å²) in [6.07, 6.45) is 0. The number of thioether (sulfide) groups is 1. The molecule has 0 amide bonds. The topological polar surface area (TPSA) is 38.9 Å². The van der Waals surface area contributed by atoms with Crippen molar-refractivity contribution in [1.29, 1.82) is 0 Å². The third kappa shape index (κ3) is 4.64. The minimum Gasteiger partial charge on any atom is -0.325 e. The van der Waals surface area contributed by atoms with Crippen LogP contribution in [0, 0.1) is 6.92 Å². The second kappa shape index (κ2) is 6.07. The highest BCUT2D eigenvalue weighted by Crippen LogP contribution is 2.26. The Bertz CT molecular complexity index is 524. The average molecular weight is 292 g/mol. The van der Waals surface area contributed by atoms with Crippen molar-refractivity contribution >= 4 is 23.1 Å². The Balaban J connectivity index is 1.97. The first-order chi connectivity index (χ1) is 8.94. The van der Waals surface area contributed by atoms with Crippen molar-refractivity contribution in [3.05, 3.63) is 40.9 Å². The molecule has 0 atom stereocenters. The maximum atomic E-state index is 5.97. The van der Waals surface area contributed by atoms with Gasteiger partial charge in [0.2, 0.25) is 0 Å². The number of nitrogens with two attached hydrogens (primary N) is 1. The van der Waals surface area contributed by atoms with E-state index in [9.17, 15) is 0 Å². The Labute approximate surface area is 123 Å². The summed E-state index contributed by atoms with van der Waals surface area (Å²) in [6.45, 7) is 6.21. The predicted molar refractivity (Wildman–Crippen MR) is 86.7 cm³/mol. The molecule has 4 heteroatoms. The number of thiazole rings is 1. The van der Waals surface area contributed by atoms with Gasteiger partial charge in [-0.05, 0) is 20.8 Å². The van der Waals surface area contributed by atoms with Gasteiger partial charge in [0.25, 0.3) is 0 Å². The third-order valence-electron chi connectivity index (χ3n) is 2.57. The molecule has 0 spiro atoms. The molecular formula is C15H20N2S2. The van der Waals surface area contributed by atoms with Crippen molar-refractivity contribution in [3.63, 3.8) is 0 Å². The Hall–Kier alpha value is -0.840. The van der Waals surface area contributed by atoms with Gasteiger partial charge >= 0.3 is 0 Å². The summed E-state index contributed by atoms with van der Waals surface area (Å²) in [6, 6.07) is 8.52. The molecule has 0 bridgehead atoms. The van der Waals surface area contributed by atoms with Gasteiger partial charge in [0.1, 0.15) is 5.01 Å². The van der Waals surface area contributed by atoms with E-state index >= 15 is 0 Å². The number of hydrogen-bond acceptors (Lipinski definition) is 4. The molecule has 0 aliphatic rings. The SMILES string of the molecule is Cc1ccc(-c2nc(CSCC(C)(C)N)cs2)cc1. The zero-order valence-electron chi connectivity index (χ0n) is 11.6. The normalized spacial score (nSPS) is 11.8. The van der Waals surface area contributed by atoms with Gasteiger partial charge in [-0.25, -0.2) is 4.98 Å². The minimum absolute atomic E-state index is 0.111. The Morgan fingerprint density at radius 2 is 1.95 bits per heavy atom. The molecule has 2 aromatic rings. The number of aryl methyl sites for hydroxylation is 1. The molecule has 19 heavy (non-hydrogen) atoms. The Kier molecular flexibility index (Phi) is 4.66. The fourth-order valence-corrected chi connectivity index (χ4v) is 3.54. The number of benzene rings is 1. The first-order valence-corrected chi connectivity index (χ1v) is 8.35. The van der Waals surface area contributed by atoms with Crippen molar-refractivity contribution < 1.29 is 0 Å². The summed E-state index contributed by atoms with van der Waals surface area (Å²) in [4.78, 5) is 4.69. The van der Waals surface area contributed by atoms with Gasteiger partial charge in [-0.3, -0.25) is 0 Å². The van der Waals surface area contributed by atoms with Crippen LogP contribution in [0.1, 0.15) is 25.1 Å². The van der Waals surface area contributed by atoms with E-state index in [0.29, 0.717) is 0 Å². The van der Waals surface area contributed by atoms with E-state index in [-0.39, 0.29) is 5.54 Å². The lowest BCUT2D eigenvalue weighted by molar-refractivity contribution is 0.591. The van der Waals surface area contributed by atoms with Crippen molar-refractivity contribution in [3.8, 4) is 10.6 Å². The van der Waals surface area contributed by atoms with Gasteiger partial charge in [-0.2, -0.15) is 11.8 Å². The largest absolute Gasteiger partial charge is 0.325 e. The second-order valence-corrected chi connectivity index (χ2v) is 7.34. The summed E-state index contributed by atoms with van der Waals surface area (Å²) in [7, 11) is 0. The van der Waals surface area contributed by atoms with Gasteiger partial charge in [0, 0.05) is 28.0 Å². The van der Waals surface area contributed by atoms with Crippen LogP contribution in [0.4, 0.5) is 0 Å². The van der Waals surface area contributed by atoms with Gasteiger partial charge in [-0.15, -0.1) is 11.3 Å². The molecule has 0 unspecified atom stereocenters. The van der Waals surface area contributed by atoms with Crippen LogP contribution >= 0.6 is 23.1 Å². The van der Waals surface area contributed by atoms with Crippen LogP contribution in [-0.4, -0.2) is 16.3 Å². The van der Waals surface area contributed by atoms with E-state index in [1.54, 1.807) is 11.3 Å². The van der Waals surface area contributed by atoms with Crippen LogP contribution in [0.5, 0.6) is 0 Å². The molecule has 0 aliphatic carbocycles. The maximum Gasteiger partial charge on any atom is 0.123 e. The first kappa shape index (κ1) is 14.6. The number of aromatic nitrogens is 1. The van der Waals surface area contributed by atoms with Crippen LogP contribution in [0.3, 0.4) is 0 Å². The van der Waals surface area contributed by atoms with Gasteiger partial charge in [-0.1, -0.05) is 29.8 Å². The second-order valence-electron chi connectivity index (χ2n) is 5.49. The van der Waals surface area contributed by atoms with Crippen molar-refractivity contribution in [2.75, 3.05) is 5.75 Å². The highest BCUT2D eigenvalue weighted by atomic mass is 32.2. The van der Waals surface area contributed by atoms with Crippen LogP contribution in [0.25, 0.3) is 10.6 Å². The molecule has 0 fully saturated rings. The summed E-state index contributed by atoms with van der Waals surface area (Å²) >= 11 is 3.55. The molecule has 1 aromatic carbocycles. The molecule has 0 saturated carbocycles. The third-order valence-corrected chi connectivity index (χ3v) is 4.96. The molecular weight excluding hydrogens is 272 g/mol. The van der Waals surface area contributed by atoms with E-state index in [1.165, 1.54) is 11.1 Å².